The number of ketones is 1. The highest BCUT2D eigenvalue weighted by Crippen LogP contribution is 2.02. The lowest BCUT2D eigenvalue weighted by Crippen LogP contribution is -2.36. The minimum Gasteiger partial charge on any atom is -0.361 e. The SMILES string of the molecule is CCCCC(NC(=S)S)C(C)=O. The van der Waals surface area contributed by atoms with Crippen LogP contribution in [0.5, 0.6) is 0 Å². The number of carbonyl (C=O) groups is 1. The van der Waals surface area contributed by atoms with Gasteiger partial charge in [0.25, 0.3) is 0 Å². The van der Waals surface area contributed by atoms with Crippen LogP contribution in [-0.4, -0.2) is 16.1 Å². The predicted octanol–water partition coefficient (Wildman–Crippen LogP) is 1.94. The van der Waals surface area contributed by atoms with Gasteiger partial charge < -0.3 is 5.32 Å². The molecule has 0 spiro atoms. The van der Waals surface area contributed by atoms with Gasteiger partial charge in [0.1, 0.15) is 4.32 Å². The van der Waals surface area contributed by atoms with Crippen molar-refractivity contribution in [3.63, 3.8) is 0 Å². The second kappa shape index (κ2) is 6.43. The number of rotatable bonds is 5. The zero-order valence-corrected chi connectivity index (χ0v) is 9.17. The standard InChI is InChI=1S/C8H15NOS2/c1-3-4-5-7(6(2)10)9-8(11)12/h7H,3-5H2,1-2H3,(H2,9,11,12). The average Bonchev–Trinajstić information content (AvgIpc) is 1.96. The molecule has 2 nitrogen and oxygen atoms in total. The zero-order valence-electron chi connectivity index (χ0n) is 7.46. The van der Waals surface area contributed by atoms with Gasteiger partial charge in [0.15, 0.2) is 5.78 Å². The molecule has 0 aliphatic rings. The highest BCUT2D eigenvalue weighted by molar-refractivity contribution is 8.11. The number of thiol groups is 1. The van der Waals surface area contributed by atoms with Crippen molar-refractivity contribution in [2.75, 3.05) is 0 Å². The highest BCUT2D eigenvalue weighted by Gasteiger charge is 2.12. The van der Waals surface area contributed by atoms with Crippen molar-refractivity contribution in [3.05, 3.63) is 0 Å². The van der Waals surface area contributed by atoms with Gasteiger partial charge in [0.05, 0.1) is 6.04 Å². The van der Waals surface area contributed by atoms with E-state index in [1.807, 2.05) is 0 Å². The lowest BCUT2D eigenvalue weighted by atomic mass is 10.1. The van der Waals surface area contributed by atoms with Crippen LogP contribution in [0.4, 0.5) is 0 Å². The third-order valence-corrected chi connectivity index (χ3v) is 1.88. The summed E-state index contributed by atoms with van der Waals surface area (Å²) >= 11 is 8.66. The summed E-state index contributed by atoms with van der Waals surface area (Å²) in [5.74, 6) is 0.125. The molecule has 0 radical (unpaired) electrons. The maximum Gasteiger partial charge on any atom is 0.151 e. The van der Waals surface area contributed by atoms with Crippen LogP contribution in [0.3, 0.4) is 0 Å². The maximum atomic E-state index is 11.0. The van der Waals surface area contributed by atoms with E-state index in [9.17, 15) is 4.79 Å². The predicted molar refractivity (Wildman–Crippen MR) is 58.7 cm³/mol. The van der Waals surface area contributed by atoms with Gasteiger partial charge in [0, 0.05) is 0 Å². The molecule has 1 N–H and O–H groups in total. The Balaban J connectivity index is 3.87. The fraction of sp³-hybridized carbons (Fsp3) is 0.750. The van der Waals surface area contributed by atoms with E-state index < -0.39 is 0 Å². The summed E-state index contributed by atoms with van der Waals surface area (Å²) in [5.41, 5.74) is 0. The van der Waals surface area contributed by atoms with Crippen molar-refractivity contribution >= 4 is 35.0 Å². The normalized spacial score (nSPS) is 12.2. The monoisotopic (exact) mass is 205 g/mol. The second-order valence-electron chi connectivity index (χ2n) is 2.75. The van der Waals surface area contributed by atoms with Crippen LogP contribution in [0.15, 0.2) is 0 Å². The summed E-state index contributed by atoms with van der Waals surface area (Å²) in [4.78, 5) is 11.0. The fourth-order valence-electron chi connectivity index (χ4n) is 0.934. The Kier molecular flexibility index (Phi) is 6.38. The Morgan fingerprint density at radius 2 is 2.25 bits per heavy atom. The molecule has 4 heteroatoms. The van der Waals surface area contributed by atoms with Crippen molar-refractivity contribution in [2.45, 2.75) is 39.2 Å². The Bertz CT molecular complexity index is 170. The largest absolute Gasteiger partial charge is 0.361 e. The second-order valence-corrected chi connectivity index (χ2v) is 3.91. The van der Waals surface area contributed by atoms with Crippen molar-refractivity contribution < 1.29 is 4.79 Å². The van der Waals surface area contributed by atoms with Crippen molar-refractivity contribution in [3.8, 4) is 0 Å². The Hall–Kier alpha value is -0.0900. The van der Waals surface area contributed by atoms with E-state index in [0.717, 1.165) is 19.3 Å². The lowest BCUT2D eigenvalue weighted by Gasteiger charge is -2.14. The summed E-state index contributed by atoms with van der Waals surface area (Å²) in [6.45, 7) is 3.66. The van der Waals surface area contributed by atoms with Crippen molar-refractivity contribution in [2.24, 2.45) is 0 Å². The van der Waals surface area contributed by atoms with Crippen LogP contribution >= 0.6 is 24.8 Å². The molecule has 0 saturated carbocycles. The third kappa shape index (κ3) is 5.55. The van der Waals surface area contributed by atoms with E-state index in [2.05, 4.69) is 24.9 Å². The number of Topliss-reactive ketones (excluding diaryl/α,β-unsaturated/α-hetero) is 1. The van der Waals surface area contributed by atoms with Crippen LogP contribution in [0.1, 0.15) is 33.1 Å². The van der Waals surface area contributed by atoms with Gasteiger partial charge in [0.2, 0.25) is 0 Å². The number of hydrogen-bond donors (Lipinski definition) is 2. The molecule has 70 valence electrons. The minimum absolute atomic E-state index is 0.125. The van der Waals surface area contributed by atoms with Gasteiger partial charge in [-0.2, -0.15) is 0 Å². The lowest BCUT2D eigenvalue weighted by molar-refractivity contribution is -0.118. The summed E-state index contributed by atoms with van der Waals surface area (Å²) in [5, 5.41) is 2.86. The van der Waals surface area contributed by atoms with E-state index in [0.29, 0.717) is 4.32 Å². The van der Waals surface area contributed by atoms with Gasteiger partial charge in [-0.15, -0.1) is 12.6 Å². The molecule has 0 saturated heterocycles. The van der Waals surface area contributed by atoms with Crippen LogP contribution in [-0.2, 0) is 4.79 Å². The molecule has 0 rings (SSSR count). The number of unbranched alkanes of at least 4 members (excludes halogenated alkanes) is 1. The molecule has 12 heavy (non-hydrogen) atoms. The molecule has 0 amide bonds. The van der Waals surface area contributed by atoms with E-state index >= 15 is 0 Å². The van der Waals surface area contributed by atoms with Crippen LogP contribution in [0.25, 0.3) is 0 Å². The molecule has 0 fully saturated rings. The first-order chi connectivity index (χ1) is 5.57. The van der Waals surface area contributed by atoms with E-state index in [4.69, 9.17) is 12.2 Å². The molecule has 0 bridgehead atoms. The highest BCUT2D eigenvalue weighted by atomic mass is 32.1. The minimum atomic E-state index is -0.144. The molecule has 0 heterocycles. The summed E-state index contributed by atoms with van der Waals surface area (Å²) in [7, 11) is 0. The number of nitrogens with one attached hydrogen (secondary N) is 1. The molecule has 1 unspecified atom stereocenters. The molecule has 1 atom stereocenters. The average molecular weight is 205 g/mol. The molecule has 0 aromatic rings. The zero-order chi connectivity index (χ0) is 9.56. The van der Waals surface area contributed by atoms with Gasteiger partial charge in [-0.25, -0.2) is 0 Å². The van der Waals surface area contributed by atoms with Gasteiger partial charge in [-0.05, 0) is 13.3 Å². The number of carbonyl (C=O) groups excluding carboxylic acids is 1. The Labute approximate surface area is 84.5 Å². The molecule has 0 aliphatic carbocycles. The molecular formula is C8H15NOS2. The first-order valence-corrected chi connectivity index (χ1v) is 4.93. The van der Waals surface area contributed by atoms with Crippen LogP contribution in [0.2, 0.25) is 0 Å². The summed E-state index contributed by atoms with van der Waals surface area (Å²) < 4.78 is 0.395. The first-order valence-electron chi connectivity index (χ1n) is 4.07. The fourth-order valence-corrected chi connectivity index (χ4v) is 1.23. The van der Waals surface area contributed by atoms with Crippen LogP contribution < -0.4 is 5.32 Å². The quantitative estimate of drug-likeness (QED) is 0.531. The Morgan fingerprint density at radius 1 is 1.67 bits per heavy atom. The topological polar surface area (TPSA) is 29.1 Å². The van der Waals surface area contributed by atoms with E-state index in [1.54, 1.807) is 6.92 Å². The summed E-state index contributed by atoms with van der Waals surface area (Å²) in [6, 6.07) is -0.144. The molecule has 0 aromatic heterocycles. The van der Waals surface area contributed by atoms with E-state index in [-0.39, 0.29) is 11.8 Å². The van der Waals surface area contributed by atoms with Gasteiger partial charge in [-0.1, -0.05) is 32.0 Å². The molecular weight excluding hydrogens is 190 g/mol. The first kappa shape index (κ1) is 11.9. The number of thiocarbonyl (C=S) groups is 1. The number of hydrogen-bond acceptors (Lipinski definition) is 2. The molecule has 0 aromatic carbocycles. The summed E-state index contributed by atoms with van der Waals surface area (Å²) in [6.07, 6.45) is 2.96. The van der Waals surface area contributed by atoms with E-state index in [1.165, 1.54) is 0 Å². The molecule has 0 aliphatic heterocycles. The smallest absolute Gasteiger partial charge is 0.151 e. The maximum absolute atomic E-state index is 11.0. The van der Waals surface area contributed by atoms with Gasteiger partial charge >= 0.3 is 0 Å². The van der Waals surface area contributed by atoms with Crippen molar-refractivity contribution in [1.29, 1.82) is 0 Å². The Morgan fingerprint density at radius 3 is 2.58 bits per heavy atom. The van der Waals surface area contributed by atoms with Gasteiger partial charge in [-0.3, -0.25) is 4.79 Å². The third-order valence-electron chi connectivity index (χ3n) is 1.63. The van der Waals surface area contributed by atoms with Crippen molar-refractivity contribution in [1.82, 2.24) is 5.32 Å². The van der Waals surface area contributed by atoms with Crippen LogP contribution in [0, 0.1) is 0 Å².